The standard InChI is InChI=1S/C16H28N2O3/c1-17(13-14(19)18-10-6-3-7-11-18)16(12-15(20)21)8-4-2-5-9-16/h2-13H2,1H3,(H,20,21). The zero-order valence-corrected chi connectivity index (χ0v) is 13.1. The molecule has 1 aliphatic heterocycles. The van der Waals surface area contributed by atoms with Crippen LogP contribution in [0, 0.1) is 0 Å². The van der Waals surface area contributed by atoms with Gasteiger partial charge in [-0.3, -0.25) is 14.5 Å². The highest BCUT2D eigenvalue weighted by Gasteiger charge is 2.39. The number of carbonyl (C=O) groups excluding carboxylic acids is 1. The molecular formula is C16H28N2O3. The Balaban J connectivity index is 1.98. The van der Waals surface area contributed by atoms with Gasteiger partial charge in [0.15, 0.2) is 0 Å². The largest absolute Gasteiger partial charge is 0.481 e. The molecular weight excluding hydrogens is 268 g/mol. The van der Waals surface area contributed by atoms with Crippen LogP contribution in [0.2, 0.25) is 0 Å². The summed E-state index contributed by atoms with van der Waals surface area (Å²) in [6, 6.07) is 0. The van der Waals surface area contributed by atoms with Crippen molar-refractivity contribution in [2.24, 2.45) is 0 Å². The molecule has 120 valence electrons. The summed E-state index contributed by atoms with van der Waals surface area (Å²) in [5, 5.41) is 9.24. The minimum Gasteiger partial charge on any atom is -0.481 e. The van der Waals surface area contributed by atoms with Crippen molar-refractivity contribution in [1.82, 2.24) is 9.80 Å². The average molecular weight is 296 g/mol. The Morgan fingerprint density at radius 1 is 1.05 bits per heavy atom. The van der Waals surface area contributed by atoms with E-state index in [9.17, 15) is 14.7 Å². The summed E-state index contributed by atoms with van der Waals surface area (Å²) in [6.45, 7) is 2.07. The fraction of sp³-hybridized carbons (Fsp3) is 0.875. The summed E-state index contributed by atoms with van der Waals surface area (Å²) in [5.74, 6) is -0.596. The first kappa shape index (κ1) is 16.3. The van der Waals surface area contributed by atoms with Crippen molar-refractivity contribution in [2.75, 3.05) is 26.7 Å². The van der Waals surface area contributed by atoms with Crippen LogP contribution in [-0.2, 0) is 9.59 Å². The number of piperidine rings is 1. The van der Waals surface area contributed by atoms with Gasteiger partial charge in [0.25, 0.3) is 0 Å². The molecule has 5 heteroatoms. The van der Waals surface area contributed by atoms with Crippen LogP contribution in [-0.4, -0.2) is 59.0 Å². The van der Waals surface area contributed by atoms with Crippen LogP contribution in [0.15, 0.2) is 0 Å². The maximum absolute atomic E-state index is 12.4. The number of carboxylic acids is 1. The first-order valence-electron chi connectivity index (χ1n) is 8.24. The molecule has 0 atom stereocenters. The topological polar surface area (TPSA) is 60.9 Å². The van der Waals surface area contributed by atoms with Gasteiger partial charge in [0, 0.05) is 18.6 Å². The summed E-state index contributed by atoms with van der Waals surface area (Å²) < 4.78 is 0. The number of amides is 1. The Labute approximate surface area is 127 Å². The summed E-state index contributed by atoms with van der Waals surface area (Å²) in [4.78, 5) is 27.6. The molecule has 0 bridgehead atoms. The molecule has 1 heterocycles. The zero-order valence-electron chi connectivity index (χ0n) is 13.1. The van der Waals surface area contributed by atoms with Crippen molar-refractivity contribution in [3.8, 4) is 0 Å². The predicted molar refractivity (Wildman–Crippen MR) is 81.1 cm³/mol. The predicted octanol–water partition coefficient (Wildman–Crippen LogP) is 2.11. The van der Waals surface area contributed by atoms with E-state index < -0.39 is 5.97 Å². The summed E-state index contributed by atoms with van der Waals surface area (Å²) in [7, 11) is 1.93. The van der Waals surface area contributed by atoms with E-state index in [1.807, 2.05) is 16.8 Å². The molecule has 21 heavy (non-hydrogen) atoms. The van der Waals surface area contributed by atoms with Gasteiger partial charge in [-0.15, -0.1) is 0 Å². The lowest BCUT2D eigenvalue weighted by Gasteiger charge is -2.44. The number of carboxylic acid groups (broad SMARTS) is 1. The molecule has 0 unspecified atom stereocenters. The molecule has 1 saturated heterocycles. The first-order valence-corrected chi connectivity index (χ1v) is 8.24. The van der Waals surface area contributed by atoms with Crippen molar-refractivity contribution < 1.29 is 14.7 Å². The molecule has 0 aromatic rings. The monoisotopic (exact) mass is 296 g/mol. The highest BCUT2D eigenvalue weighted by Crippen LogP contribution is 2.35. The molecule has 0 radical (unpaired) electrons. The van der Waals surface area contributed by atoms with Crippen LogP contribution in [0.1, 0.15) is 57.8 Å². The minimum atomic E-state index is -0.755. The van der Waals surface area contributed by atoms with Gasteiger partial charge in [-0.05, 0) is 39.2 Å². The first-order chi connectivity index (χ1) is 10.0. The molecule has 0 aromatic carbocycles. The Kier molecular flexibility index (Phi) is 5.62. The van der Waals surface area contributed by atoms with Crippen molar-refractivity contribution in [3.63, 3.8) is 0 Å². The van der Waals surface area contributed by atoms with Gasteiger partial charge in [0.1, 0.15) is 0 Å². The molecule has 2 rings (SSSR count). The Morgan fingerprint density at radius 3 is 2.19 bits per heavy atom. The van der Waals surface area contributed by atoms with Gasteiger partial charge in [-0.25, -0.2) is 0 Å². The Morgan fingerprint density at radius 2 is 1.62 bits per heavy atom. The van der Waals surface area contributed by atoms with E-state index >= 15 is 0 Å². The fourth-order valence-electron chi connectivity index (χ4n) is 3.80. The van der Waals surface area contributed by atoms with E-state index in [1.165, 1.54) is 12.8 Å². The van der Waals surface area contributed by atoms with Gasteiger partial charge in [0.2, 0.25) is 5.91 Å². The van der Waals surface area contributed by atoms with Gasteiger partial charge in [-0.2, -0.15) is 0 Å². The van der Waals surface area contributed by atoms with E-state index in [-0.39, 0.29) is 17.9 Å². The van der Waals surface area contributed by atoms with E-state index in [4.69, 9.17) is 0 Å². The molecule has 2 aliphatic rings. The van der Waals surface area contributed by atoms with Crippen LogP contribution in [0.5, 0.6) is 0 Å². The quantitative estimate of drug-likeness (QED) is 0.844. The highest BCUT2D eigenvalue weighted by atomic mass is 16.4. The molecule has 0 aromatic heterocycles. The number of hydrogen-bond donors (Lipinski definition) is 1. The smallest absolute Gasteiger partial charge is 0.305 e. The summed E-state index contributed by atoms with van der Waals surface area (Å²) in [6.07, 6.45) is 8.64. The Hall–Kier alpha value is -1.10. The zero-order chi connectivity index (χ0) is 15.3. The number of rotatable bonds is 5. The van der Waals surface area contributed by atoms with Crippen molar-refractivity contribution in [2.45, 2.75) is 63.3 Å². The van der Waals surface area contributed by atoms with Crippen molar-refractivity contribution >= 4 is 11.9 Å². The number of hydrogen-bond acceptors (Lipinski definition) is 3. The van der Waals surface area contributed by atoms with Gasteiger partial charge >= 0.3 is 5.97 Å². The fourth-order valence-corrected chi connectivity index (χ4v) is 3.80. The second-order valence-electron chi connectivity index (χ2n) is 6.65. The minimum absolute atomic E-state index is 0.150. The third kappa shape index (κ3) is 4.19. The highest BCUT2D eigenvalue weighted by molar-refractivity contribution is 5.78. The molecule has 2 fully saturated rings. The SMILES string of the molecule is CN(CC(=O)N1CCCCC1)C1(CC(=O)O)CCCCC1. The van der Waals surface area contributed by atoms with Crippen molar-refractivity contribution in [3.05, 3.63) is 0 Å². The Bertz CT molecular complexity index is 372. The number of likely N-dealkylation sites (N-methyl/N-ethyl adjacent to an activating group) is 1. The number of carbonyl (C=O) groups is 2. The average Bonchev–Trinajstić information content (AvgIpc) is 2.48. The second kappa shape index (κ2) is 7.25. The van der Waals surface area contributed by atoms with Crippen LogP contribution in [0.4, 0.5) is 0 Å². The molecule has 1 amide bonds. The van der Waals surface area contributed by atoms with E-state index in [0.717, 1.165) is 51.6 Å². The molecule has 0 spiro atoms. The lowest BCUT2D eigenvalue weighted by atomic mass is 9.78. The van der Waals surface area contributed by atoms with Crippen LogP contribution in [0.25, 0.3) is 0 Å². The van der Waals surface area contributed by atoms with E-state index in [0.29, 0.717) is 6.54 Å². The third-order valence-electron chi connectivity index (χ3n) is 5.16. The second-order valence-corrected chi connectivity index (χ2v) is 6.65. The van der Waals surface area contributed by atoms with Crippen LogP contribution >= 0.6 is 0 Å². The number of nitrogens with zero attached hydrogens (tertiary/aromatic N) is 2. The molecule has 1 aliphatic carbocycles. The summed E-state index contributed by atoms with van der Waals surface area (Å²) >= 11 is 0. The lowest BCUT2D eigenvalue weighted by Crippen LogP contribution is -2.53. The van der Waals surface area contributed by atoms with Crippen molar-refractivity contribution in [1.29, 1.82) is 0 Å². The van der Waals surface area contributed by atoms with E-state index in [1.54, 1.807) is 0 Å². The van der Waals surface area contributed by atoms with Crippen LogP contribution in [0.3, 0.4) is 0 Å². The molecule has 5 nitrogen and oxygen atoms in total. The molecule has 1 saturated carbocycles. The number of aliphatic carboxylic acids is 1. The van der Waals surface area contributed by atoms with Gasteiger partial charge in [0.05, 0.1) is 13.0 Å². The third-order valence-corrected chi connectivity index (χ3v) is 5.16. The lowest BCUT2D eigenvalue weighted by molar-refractivity contribution is -0.143. The maximum Gasteiger partial charge on any atom is 0.305 e. The normalized spacial score (nSPS) is 22.3. The van der Waals surface area contributed by atoms with Gasteiger partial charge in [-0.1, -0.05) is 19.3 Å². The van der Waals surface area contributed by atoms with E-state index in [2.05, 4.69) is 0 Å². The summed E-state index contributed by atoms with van der Waals surface area (Å²) in [5.41, 5.74) is -0.324. The molecule has 1 N–H and O–H groups in total. The van der Waals surface area contributed by atoms with Gasteiger partial charge < -0.3 is 10.0 Å². The maximum atomic E-state index is 12.4. The number of likely N-dealkylation sites (tertiary alicyclic amines) is 1. The van der Waals surface area contributed by atoms with Crippen LogP contribution < -0.4 is 0 Å².